The molecule has 0 fully saturated rings. The molecule has 2 heterocycles. The van der Waals surface area contributed by atoms with E-state index in [1.54, 1.807) is 0 Å². The first kappa shape index (κ1) is 10.0. The van der Waals surface area contributed by atoms with Gasteiger partial charge >= 0.3 is 0 Å². The first-order chi connectivity index (χ1) is 5.81. The maximum Gasteiger partial charge on any atom is 0.139 e. The Balaban J connectivity index is 0.000000845. The largest absolute Gasteiger partial charge is 0.325 e. The number of hydrogen-bond donors (Lipinski definition) is 1. The van der Waals surface area contributed by atoms with Crippen LogP contribution in [0.25, 0.3) is 5.65 Å². The fraction of sp³-hybridized carbons (Fsp3) is 0.222. The minimum absolute atomic E-state index is 0. The molecule has 0 unspecified atom stereocenters. The lowest BCUT2D eigenvalue weighted by Gasteiger charge is -1.93. The number of aromatic nitrogens is 2. The Kier molecular flexibility index (Phi) is 2.90. The predicted octanol–water partition coefficient (Wildman–Crippen LogP) is 1.52. The monoisotopic (exact) mass is 197 g/mol. The van der Waals surface area contributed by atoms with Crippen molar-refractivity contribution in [1.29, 1.82) is 0 Å². The summed E-state index contributed by atoms with van der Waals surface area (Å²) in [5, 5.41) is 0. The van der Waals surface area contributed by atoms with E-state index in [4.69, 9.17) is 5.73 Å². The van der Waals surface area contributed by atoms with Crippen LogP contribution in [0.4, 0.5) is 0 Å². The summed E-state index contributed by atoms with van der Waals surface area (Å²) in [6.07, 6.45) is 3.94. The van der Waals surface area contributed by atoms with Gasteiger partial charge in [0.25, 0.3) is 0 Å². The van der Waals surface area contributed by atoms with E-state index in [9.17, 15) is 0 Å². The van der Waals surface area contributed by atoms with Crippen molar-refractivity contribution < 1.29 is 0 Å². The molecule has 70 valence electrons. The summed E-state index contributed by atoms with van der Waals surface area (Å²) in [6.45, 7) is 2.55. The fourth-order valence-corrected chi connectivity index (χ4v) is 1.30. The standard InChI is InChI=1S/C9H11N3.ClH/c1-7-3-2-4-12-6-8(5-10)11-9(7)12;/h2-4,6H,5,10H2,1H3;1H. The quantitative estimate of drug-likeness (QED) is 0.754. The van der Waals surface area contributed by atoms with Crippen LogP contribution < -0.4 is 5.73 Å². The van der Waals surface area contributed by atoms with E-state index in [1.165, 1.54) is 5.56 Å². The van der Waals surface area contributed by atoms with Gasteiger partial charge in [-0.05, 0) is 18.6 Å². The maximum absolute atomic E-state index is 5.49. The van der Waals surface area contributed by atoms with Crippen molar-refractivity contribution in [3.8, 4) is 0 Å². The van der Waals surface area contributed by atoms with E-state index < -0.39 is 0 Å². The van der Waals surface area contributed by atoms with E-state index in [0.717, 1.165) is 11.3 Å². The van der Waals surface area contributed by atoms with Crippen molar-refractivity contribution in [1.82, 2.24) is 9.38 Å². The van der Waals surface area contributed by atoms with Crippen LogP contribution in [0.3, 0.4) is 0 Å². The second-order valence-electron chi connectivity index (χ2n) is 2.86. The number of pyridine rings is 1. The molecule has 0 saturated heterocycles. The van der Waals surface area contributed by atoms with Gasteiger partial charge in [0, 0.05) is 18.9 Å². The fourth-order valence-electron chi connectivity index (χ4n) is 1.30. The van der Waals surface area contributed by atoms with E-state index in [1.807, 2.05) is 35.9 Å². The maximum atomic E-state index is 5.49. The topological polar surface area (TPSA) is 43.3 Å². The van der Waals surface area contributed by atoms with Crippen LogP contribution in [0.5, 0.6) is 0 Å². The molecule has 0 amide bonds. The van der Waals surface area contributed by atoms with Gasteiger partial charge in [0.1, 0.15) is 5.65 Å². The van der Waals surface area contributed by atoms with E-state index in [-0.39, 0.29) is 12.4 Å². The number of nitrogens with zero attached hydrogens (tertiary/aromatic N) is 2. The zero-order valence-electron chi connectivity index (χ0n) is 7.40. The summed E-state index contributed by atoms with van der Waals surface area (Å²) in [7, 11) is 0. The molecule has 0 spiro atoms. The van der Waals surface area contributed by atoms with Gasteiger partial charge in [0.05, 0.1) is 5.69 Å². The van der Waals surface area contributed by atoms with Crippen molar-refractivity contribution in [3.63, 3.8) is 0 Å². The first-order valence-corrected chi connectivity index (χ1v) is 3.94. The molecule has 2 rings (SSSR count). The van der Waals surface area contributed by atoms with Gasteiger partial charge in [-0.2, -0.15) is 0 Å². The summed E-state index contributed by atoms with van der Waals surface area (Å²) in [6, 6.07) is 4.05. The van der Waals surface area contributed by atoms with Crippen LogP contribution in [-0.4, -0.2) is 9.38 Å². The molecule has 0 aromatic carbocycles. The van der Waals surface area contributed by atoms with Gasteiger partial charge < -0.3 is 10.1 Å². The highest BCUT2D eigenvalue weighted by atomic mass is 35.5. The zero-order valence-corrected chi connectivity index (χ0v) is 8.21. The molecule has 3 nitrogen and oxygen atoms in total. The predicted molar refractivity (Wildman–Crippen MR) is 55.1 cm³/mol. The summed E-state index contributed by atoms with van der Waals surface area (Å²) < 4.78 is 2.00. The average Bonchev–Trinajstić information content (AvgIpc) is 2.49. The molecule has 2 N–H and O–H groups in total. The lowest BCUT2D eigenvalue weighted by Crippen LogP contribution is -1.95. The second-order valence-corrected chi connectivity index (χ2v) is 2.86. The smallest absolute Gasteiger partial charge is 0.139 e. The van der Waals surface area contributed by atoms with Crippen molar-refractivity contribution in [2.45, 2.75) is 13.5 Å². The SMILES string of the molecule is Cc1cccn2cc(CN)nc12.Cl. The van der Waals surface area contributed by atoms with Crippen LogP contribution in [-0.2, 0) is 6.54 Å². The van der Waals surface area contributed by atoms with Gasteiger partial charge in [-0.25, -0.2) is 4.98 Å². The average molecular weight is 198 g/mol. The van der Waals surface area contributed by atoms with Crippen molar-refractivity contribution in [3.05, 3.63) is 35.8 Å². The van der Waals surface area contributed by atoms with Crippen molar-refractivity contribution in [2.75, 3.05) is 0 Å². The molecule has 0 aliphatic carbocycles. The molecule has 0 atom stereocenters. The molecule has 0 radical (unpaired) electrons. The number of halogens is 1. The molecule has 0 bridgehead atoms. The summed E-state index contributed by atoms with van der Waals surface area (Å²) in [5.74, 6) is 0. The molecular weight excluding hydrogens is 186 g/mol. The Hall–Kier alpha value is -1.06. The Bertz CT molecular complexity index is 408. The third-order valence-corrected chi connectivity index (χ3v) is 1.94. The molecule has 2 aromatic rings. The van der Waals surface area contributed by atoms with E-state index >= 15 is 0 Å². The second kappa shape index (κ2) is 3.77. The van der Waals surface area contributed by atoms with Gasteiger partial charge in [-0.3, -0.25) is 0 Å². The first-order valence-electron chi connectivity index (χ1n) is 3.94. The van der Waals surface area contributed by atoms with Crippen molar-refractivity contribution in [2.24, 2.45) is 5.73 Å². The van der Waals surface area contributed by atoms with E-state index in [2.05, 4.69) is 4.98 Å². The lowest BCUT2D eigenvalue weighted by atomic mass is 10.3. The molecule has 0 saturated carbocycles. The Morgan fingerprint density at radius 2 is 2.31 bits per heavy atom. The van der Waals surface area contributed by atoms with Crippen molar-refractivity contribution >= 4 is 18.1 Å². The highest BCUT2D eigenvalue weighted by Gasteiger charge is 2.00. The van der Waals surface area contributed by atoms with Gasteiger partial charge in [-0.15, -0.1) is 12.4 Å². The molecule has 0 aliphatic rings. The lowest BCUT2D eigenvalue weighted by molar-refractivity contribution is 1.01. The Labute approximate surface area is 83.0 Å². The summed E-state index contributed by atoms with van der Waals surface area (Å²) in [4.78, 5) is 4.37. The molecule has 0 aliphatic heterocycles. The number of imidazole rings is 1. The number of hydrogen-bond acceptors (Lipinski definition) is 2. The summed E-state index contributed by atoms with van der Waals surface area (Å²) >= 11 is 0. The summed E-state index contributed by atoms with van der Waals surface area (Å²) in [5.41, 5.74) is 8.60. The Morgan fingerprint density at radius 3 is 2.92 bits per heavy atom. The van der Waals surface area contributed by atoms with Crippen LogP contribution in [0, 0.1) is 6.92 Å². The zero-order chi connectivity index (χ0) is 8.55. The highest BCUT2D eigenvalue weighted by molar-refractivity contribution is 5.85. The third-order valence-electron chi connectivity index (χ3n) is 1.94. The van der Waals surface area contributed by atoms with Crippen LogP contribution >= 0.6 is 12.4 Å². The molecule has 4 heteroatoms. The number of aryl methyl sites for hydroxylation is 1. The van der Waals surface area contributed by atoms with Gasteiger partial charge in [-0.1, -0.05) is 6.07 Å². The van der Waals surface area contributed by atoms with Crippen LogP contribution in [0.1, 0.15) is 11.3 Å². The van der Waals surface area contributed by atoms with Crippen LogP contribution in [0.2, 0.25) is 0 Å². The number of fused-ring (bicyclic) bond motifs is 1. The van der Waals surface area contributed by atoms with Crippen LogP contribution in [0.15, 0.2) is 24.5 Å². The number of nitrogens with two attached hydrogens (primary N) is 1. The Morgan fingerprint density at radius 1 is 1.54 bits per heavy atom. The van der Waals surface area contributed by atoms with Gasteiger partial charge in [0.2, 0.25) is 0 Å². The van der Waals surface area contributed by atoms with E-state index in [0.29, 0.717) is 6.54 Å². The van der Waals surface area contributed by atoms with Gasteiger partial charge in [0.15, 0.2) is 0 Å². The molecule has 13 heavy (non-hydrogen) atoms. The normalized spacial score (nSPS) is 10.0. The minimum atomic E-state index is 0. The molecular formula is C9H12ClN3. The highest BCUT2D eigenvalue weighted by Crippen LogP contribution is 2.08. The number of rotatable bonds is 1. The minimum Gasteiger partial charge on any atom is -0.325 e. The third kappa shape index (κ3) is 1.66. The molecule has 2 aromatic heterocycles.